The summed E-state index contributed by atoms with van der Waals surface area (Å²) in [5, 5.41) is 4.98. The second-order valence-corrected chi connectivity index (χ2v) is 11.2. The molecule has 2 N–H and O–H groups in total. The first-order chi connectivity index (χ1) is 15.0. The summed E-state index contributed by atoms with van der Waals surface area (Å²) in [5.41, 5.74) is -2.45. The molecule has 0 heterocycles. The van der Waals surface area contributed by atoms with Gasteiger partial charge < -0.3 is 15.4 Å². The second-order valence-electron chi connectivity index (χ2n) is 7.94. The number of halogens is 4. The summed E-state index contributed by atoms with van der Waals surface area (Å²) in [4.78, 5) is 25.9. The standard InChI is InChI=1S/C21H22F3IN2O5S/c1-20(2,11-33(4,30)31)27-19(29)17-13(6-5-7-15(17)25)18(28)26-12-8-9-16(32-3)14(10-12)21(22,23)24/h5-10H,11H2,1-4H3,(H,26,28)(H,27,29). The van der Waals surface area contributed by atoms with Gasteiger partial charge in [-0.3, -0.25) is 9.59 Å². The van der Waals surface area contributed by atoms with Crippen LogP contribution in [0.15, 0.2) is 36.4 Å². The highest BCUT2D eigenvalue weighted by Crippen LogP contribution is 2.37. The first kappa shape index (κ1) is 26.9. The summed E-state index contributed by atoms with van der Waals surface area (Å²) in [7, 11) is -2.30. The van der Waals surface area contributed by atoms with Gasteiger partial charge in [-0.1, -0.05) is 6.07 Å². The first-order valence-electron chi connectivity index (χ1n) is 9.39. The Kier molecular flexibility index (Phi) is 8.05. The van der Waals surface area contributed by atoms with Gasteiger partial charge in [0.25, 0.3) is 11.8 Å². The molecule has 12 heteroatoms. The van der Waals surface area contributed by atoms with E-state index in [4.69, 9.17) is 4.74 Å². The van der Waals surface area contributed by atoms with E-state index in [1.165, 1.54) is 32.0 Å². The third-order valence-electron chi connectivity index (χ3n) is 4.32. The molecule has 0 aliphatic heterocycles. The molecule has 2 aromatic carbocycles. The lowest BCUT2D eigenvalue weighted by Crippen LogP contribution is -2.48. The normalized spacial score (nSPS) is 12.2. The molecule has 2 aromatic rings. The number of amides is 2. The Morgan fingerprint density at radius 1 is 1.09 bits per heavy atom. The maximum atomic E-state index is 13.3. The van der Waals surface area contributed by atoms with Gasteiger partial charge in [0.15, 0.2) is 0 Å². The lowest BCUT2D eigenvalue weighted by atomic mass is 10.0. The molecule has 33 heavy (non-hydrogen) atoms. The van der Waals surface area contributed by atoms with Crippen molar-refractivity contribution in [2.75, 3.05) is 24.4 Å². The van der Waals surface area contributed by atoms with E-state index in [0.29, 0.717) is 3.57 Å². The molecule has 0 aromatic heterocycles. The van der Waals surface area contributed by atoms with Crippen molar-refractivity contribution in [3.05, 3.63) is 56.7 Å². The molecule has 0 fully saturated rings. The number of carbonyl (C=O) groups excluding carboxylic acids is 2. The van der Waals surface area contributed by atoms with E-state index in [2.05, 4.69) is 10.6 Å². The Morgan fingerprint density at radius 3 is 2.27 bits per heavy atom. The molecule has 0 spiro atoms. The fourth-order valence-corrected chi connectivity index (χ4v) is 5.34. The van der Waals surface area contributed by atoms with Crippen LogP contribution in [0.25, 0.3) is 0 Å². The summed E-state index contributed by atoms with van der Waals surface area (Å²) in [6.45, 7) is 3.05. The zero-order valence-corrected chi connectivity index (χ0v) is 21.1. The highest BCUT2D eigenvalue weighted by atomic mass is 127. The van der Waals surface area contributed by atoms with E-state index in [-0.39, 0.29) is 22.6 Å². The van der Waals surface area contributed by atoms with Crippen molar-refractivity contribution in [1.82, 2.24) is 5.32 Å². The zero-order valence-electron chi connectivity index (χ0n) is 18.1. The van der Waals surface area contributed by atoms with E-state index >= 15 is 0 Å². The SMILES string of the molecule is COc1ccc(NC(=O)c2cccc(I)c2C(=O)NC(C)(C)CS(C)(=O)=O)cc1C(F)(F)F. The predicted octanol–water partition coefficient (Wildman–Crippen LogP) is 4.12. The molecule has 0 unspecified atom stereocenters. The molecule has 0 bridgehead atoms. The summed E-state index contributed by atoms with van der Waals surface area (Å²) >= 11 is 1.85. The molecule has 0 saturated carbocycles. The van der Waals surface area contributed by atoms with Crippen LogP contribution in [0, 0.1) is 3.57 Å². The molecule has 2 rings (SSSR count). The molecule has 0 aliphatic carbocycles. The first-order valence-corrected chi connectivity index (χ1v) is 12.5. The summed E-state index contributed by atoms with van der Waals surface area (Å²) in [5.74, 6) is -2.23. The molecule has 7 nitrogen and oxygen atoms in total. The molecule has 180 valence electrons. The maximum Gasteiger partial charge on any atom is 0.420 e. The topological polar surface area (TPSA) is 102 Å². The third-order valence-corrected chi connectivity index (χ3v) is 6.47. The van der Waals surface area contributed by atoms with Crippen molar-refractivity contribution in [3.63, 3.8) is 0 Å². The Balaban J connectivity index is 2.39. The van der Waals surface area contributed by atoms with Crippen LogP contribution >= 0.6 is 22.6 Å². The van der Waals surface area contributed by atoms with Crippen molar-refractivity contribution in [2.24, 2.45) is 0 Å². The number of methoxy groups -OCH3 is 1. The number of rotatable bonds is 7. The van der Waals surface area contributed by atoms with Crippen LogP contribution in [0.5, 0.6) is 5.75 Å². The van der Waals surface area contributed by atoms with Gasteiger partial charge in [0.2, 0.25) is 0 Å². The second kappa shape index (κ2) is 9.87. The van der Waals surface area contributed by atoms with E-state index in [1.54, 1.807) is 6.07 Å². The highest BCUT2D eigenvalue weighted by Gasteiger charge is 2.35. The van der Waals surface area contributed by atoms with Crippen LogP contribution in [0.3, 0.4) is 0 Å². The van der Waals surface area contributed by atoms with E-state index in [9.17, 15) is 31.2 Å². The van der Waals surface area contributed by atoms with Crippen LogP contribution in [-0.4, -0.2) is 44.9 Å². The van der Waals surface area contributed by atoms with Gasteiger partial charge in [-0.25, -0.2) is 8.42 Å². The van der Waals surface area contributed by atoms with E-state index in [0.717, 1.165) is 25.5 Å². The molecule has 0 radical (unpaired) electrons. The van der Waals surface area contributed by atoms with Gasteiger partial charge in [-0.2, -0.15) is 13.2 Å². The number of benzene rings is 2. The van der Waals surface area contributed by atoms with Gasteiger partial charge in [-0.15, -0.1) is 0 Å². The Bertz CT molecular complexity index is 1180. The van der Waals surface area contributed by atoms with Crippen molar-refractivity contribution in [2.45, 2.75) is 25.6 Å². The minimum absolute atomic E-state index is 0.0262. The van der Waals surface area contributed by atoms with Crippen molar-refractivity contribution in [3.8, 4) is 5.75 Å². The number of sulfone groups is 1. The average molecular weight is 598 g/mol. The molecular formula is C21H22F3IN2O5S. The van der Waals surface area contributed by atoms with Gasteiger partial charge in [0, 0.05) is 21.1 Å². The van der Waals surface area contributed by atoms with Crippen molar-refractivity contribution in [1.29, 1.82) is 0 Å². The summed E-state index contributed by atoms with van der Waals surface area (Å²) in [6, 6.07) is 7.50. The summed E-state index contributed by atoms with van der Waals surface area (Å²) < 4.78 is 68.3. The van der Waals surface area contributed by atoms with Gasteiger partial charge >= 0.3 is 6.18 Å². The lowest BCUT2D eigenvalue weighted by molar-refractivity contribution is -0.138. The Labute approximate surface area is 203 Å². The van der Waals surface area contributed by atoms with Crippen LogP contribution in [-0.2, 0) is 16.0 Å². The largest absolute Gasteiger partial charge is 0.496 e. The van der Waals surface area contributed by atoms with Gasteiger partial charge in [-0.05, 0) is 66.8 Å². The number of carbonyl (C=O) groups is 2. The number of anilines is 1. The quantitative estimate of drug-likeness (QED) is 0.468. The zero-order chi connectivity index (χ0) is 25.2. The fraction of sp³-hybridized carbons (Fsp3) is 0.333. The number of ether oxygens (including phenoxy) is 1. The maximum absolute atomic E-state index is 13.3. The van der Waals surface area contributed by atoms with Gasteiger partial charge in [0.05, 0.1) is 29.6 Å². The number of hydrogen-bond acceptors (Lipinski definition) is 5. The van der Waals surface area contributed by atoms with Crippen LogP contribution in [0.1, 0.15) is 40.1 Å². The van der Waals surface area contributed by atoms with Crippen LogP contribution < -0.4 is 15.4 Å². The smallest absolute Gasteiger partial charge is 0.420 e. The molecule has 0 atom stereocenters. The van der Waals surface area contributed by atoms with Crippen LogP contribution in [0.2, 0.25) is 0 Å². The minimum atomic E-state index is -4.70. The minimum Gasteiger partial charge on any atom is -0.496 e. The number of nitrogens with one attached hydrogen (secondary N) is 2. The number of hydrogen-bond donors (Lipinski definition) is 2. The summed E-state index contributed by atoms with van der Waals surface area (Å²) in [6.07, 6.45) is -3.67. The lowest BCUT2D eigenvalue weighted by Gasteiger charge is -2.26. The van der Waals surface area contributed by atoms with Crippen molar-refractivity contribution < 1.29 is 35.9 Å². The Hall–Kier alpha value is -2.35. The Morgan fingerprint density at radius 2 is 1.73 bits per heavy atom. The molecule has 0 saturated heterocycles. The fourth-order valence-electron chi connectivity index (χ4n) is 3.21. The van der Waals surface area contributed by atoms with Gasteiger partial charge in [0.1, 0.15) is 15.6 Å². The average Bonchev–Trinajstić information content (AvgIpc) is 2.64. The van der Waals surface area contributed by atoms with Crippen molar-refractivity contribution >= 4 is 49.9 Å². The number of alkyl halides is 3. The highest BCUT2D eigenvalue weighted by molar-refractivity contribution is 14.1. The molecule has 0 aliphatic rings. The van der Waals surface area contributed by atoms with E-state index < -0.39 is 44.7 Å². The molecule has 2 amide bonds. The predicted molar refractivity (Wildman–Crippen MR) is 126 cm³/mol. The molecular weight excluding hydrogens is 576 g/mol. The van der Waals surface area contributed by atoms with E-state index in [1.807, 2.05) is 22.6 Å². The monoisotopic (exact) mass is 598 g/mol. The van der Waals surface area contributed by atoms with Crippen LogP contribution in [0.4, 0.5) is 18.9 Å². The third kappa shape index (κ3) is 7.32.